The van der Waals surface area contributed by atoms with Crippen LogP contribution >= 0.6 is 0 Å². The number of fused-ring (bicyclic) bond motifs is 1. The van der Waals surface area contributed by atoms with E-state index in [2.05, 4.69) is 15.5 Å². The molecule has 0 bridgehead atoms. The number of carbonyl (C=O) groups is 1. The smallest absolute Gasteiger partial charge is 0.258 e. The van der Waals surface area contributed by atoms with Gasteiger partial charge in [0.05, 0.1) is 12.2 Å². The number of rotatable bonds is 8. The number of aromatic nitrogens is 2. The lowest BCUT2D eigenvalue weighted by Gasteiger charge is -2.10. The minimum Gasteiger partial charge on any atom is -0.483 e. The molecule has 0 atom stereocenters. The van der Waals surface area contributed by atoms with Crippen molar-refractivity contribution in [1.82, 2.24) is 15.5 Å². The number of carbonyl (C=O) groups excluding carboxylic acids is 1. The Hall–Kier alpha value is -3.93. The lowest BCUT2D eigenvalue weighted by atomic mass is 10.1. The Morgan fingerprint density at radius 2 is 1.60 bits per heavy atom. The summed E-state index contributed by atoms with van der Waals surface area (Å²) in [6.45, 7) is 0.582. The van der Waals surface area contributed by atoms with Crippen LogP contribution in [0.2, 0.25) is 0 Å². The third-order valence-electron chi connectivity index (χ3n) is 4.49. The third-order valence-corrected chi connectivity index (χ3v) is 4.49. The summed E-state index contributed by atoms with van der Waals surface area (Å²) in [5.41, 5.74) is 1.77. The molecular weight excluding hydrogens is 378 g/mol. The molecule has 0 radical (unpaired) electrons. The normalized spacial score (nSPS) is 10.5. The van der Waals surface area contributed by atoms with Gasteiger partial charge in [0.1, 0.15) is 12.4 Å². The van der Waals surface area contributed by atoms with Crippen molar-refractivity contribution in [1.29, 1.82) is 0 Å². The van der Waals surface area contributed by atoms with Gasteiger partial charge in [-0.25, -0.2) is 0 Å². The quantitative estimate of drug-likeness (QED) is 0.455. The van der Waals surface area contributed by atoms with Crippen molar-refractivity contribution in [2.75, 3.05) is 19.8 Å². The van der Waals surface area contributed by atoms with Gasteiger partial charge >= 0.3 is 0 Å². The van der Waals surface area contributed by atoms with E-state index in [9.17, 15) is 4.79 Å². The SMILES string of the molecule is O=C(COc1cccc2ccccc12)NCCOc1ccc(-c2ccccc2)nn1. The van der Waals surface area contributed by atoms with E-state index in [1.165, 1.54) is 0 Å². The van der Waals surface area contributed by atoms with E-state index < -0.39 is 0 Å². The van der Waals surface area contributed by atoms with Crippen LogP contribution < -0.4 is 14.8 Å². The van der Waals surface area contributed by atoms with Crippen LogP contribution in [0.4, 0.5) is 0 Å². The van der Waals surface area contributed by atoms with Crippen LogP contribution in [0.3, 0.4) is 0 Å². The second-order valence-electron chi connectivity index (χ2n) is 6.59. The molecule has 1 aromatic heterocycles. The maximum absolute atomic E-state index is 12.0. The molecule has 0 aliphatic carbocycles. The van der Waals surface area contributed by atoms with Crippen LogP contribution in [0.5, 0.6) is 11.6 Å². The van der Waals surface area contributed by atoms with Gasteiger partial charge in [-0.05, 0) is 17.5 Å². The number of nitrogens with zero attached hydrogens (tertiary/aromatic N) is 2. The van der Waals surface area contributed by atoms with Crippen LogP contribution in [-0.4, -0.2) is 35.9 Å². The number of hydrogen-bond donors (Lipinski definition) is 1. The van der Waals surface area contributed by atoms with Crippen molar-refractivity contribution in [3.05, 3.63) is 84.9 Å². The van der Waals surface area contributed by atoms with Gasteiger partial charge in [0, 0.05) is 17.0 Å². The predicted octanol–water partition coefficient (Wildman–Crippen LogP) is 3.87. The van der Waals surface area contributed by atoms with Crippen LogP contribution in [0.1, 0.15) is 0 Å². The first-order chi connectivity index (χ1) is 14.8. The molecule has 0 saturated heterocycles. The van der Waals surface area contributed by atoms with Crippen LogP contribution in [0.15, 0.2) is 84.9 Å². The first-order valence-electron chi connectivity index (χ1n) is 9.69. The van der Waals surface area contributed by atoms with Gasteiger partial charge in [0.2, 0.25) is 5.88 Å². The molecule has 0 aliphatic rings. The van der Waals surface area contributed by atoms with Crippen molar-refractivity contribution in [2.45, 2.75) is 0 Å². The minimum atomic E-state index is -0.211. The van der Waals surface area contributed by atoms with E-state index >= 15 is 0 Å². The summed E-state index contributed by atoms with van der Waals surface area (Å²) in [5.74, 6) is 0.890. The molecule has 0 aliphatic heterocycles. The van der Waals surface area contributed by atoms with Crippen LogP contribution in [0, 0.1) is 0 Å². The van der Waals surface area contributed by atoms with Gasteiger partial charge in [-0.15, -0.1) is 10.2 Å². The first kappa shape index (κ1) is 19.4. The van der Waals surface area contributed by atoms with E-state index in [4.69, 9.17) is 9.47 Å². The number of amides is 1. The highest BCUT2D eigenvalue weighted by Crippen LogP contribution is 2.24. The van der Waals surface area contributed by atoms with Gasteiger partial charge in [-0.1, -0.05) is 66.7 Å². The van der Waals surface area contributed by atoms with E-state index in [-0.39, 0.29) is 12.5 Å². The van der Waals surface area contributed by atoms with Crippen molar-refractivity contribution >= 4 is 16.7 Å². The number of ether oxygens (including phenoxy) is 2. The zero-order valence-electron chi connectivity index (χ0n) is 16.3. The van der Waals surface area contributed by atoms with Crippen molar-refractivity contribution < 1.29 is 14.3 Å². The second kappa shape index (κ2) is 9.52. The molecule has 4 rings (SSSR count). The molecule has 0 unspecified atom stereocenters. The van der Waals surface area contributed by atoms with Crippen molar-refractivity contribution in [2.24, 2.45) is 0 Å². The maximum atomic E-state index is 12.0. The van der Waals surface area contributed by atoms with Crippen molar-refractivity contribution in [3.63, 3.8) is 0 Å². The molecular formula is C24H21N3O3. The molecule has 1 amide bonds. The van der Waals surface area contributed by atoms with Crippen LogP contribution in [-0.2, 0) is 4.79 Å². The van der Waals surface area contributed by atoms with Crippen molar-refractivity contribution in [3.8, 4) is 22.9 Å². The molecule has 4 aromatic rings. The largest absolute Gasteiger partial charge is 0.483 e. The fourth-order valence-electron chi connectivity index (χ4n) is 3.02. The number of nitrogens with one attached hydrogen (secondary N) is 1. The Balaban J connectivity index is 1.20. The molecule has 6 nitrogen and oxygen atoms in total. The summed E-state index contributed by atoms with van der Waals surface area (Å²) in [5, 5.41) is 13.1. The Kier molecular flexibility index (Phi) is 6.15. The summed E-state index contributed by atoms with van der Waals surface area (Å²) in [6, 6.07) is 27.1. The third kappa shape index (κ3) is 4.91. The van der Waals surface area contributed by atoms with Gasteiger partial charge < -0.3 is 14.8 Å². The molecule has 150 valence electrons. The summed E-state index contributed by atoms with van der Waals surface area (Å²) in [7, 11) is 0. The molecule has 0 saturated carbocycles. The maximum Gasteiger partial charge on any atom is 0.258 e. The average molecular weight is 399 g/mol. The Labute approximate surface area is 174 Å². The zero-order chi connectivity index (χ0) is 20.6. The highest BCUT2D eigenvalue weighted by molar-refractivity contribution is 5.88. The molecule has 3 aromatic carbocycles. The molecule has 0 spiro atoms. The highest BCUT2D eigenvalue weighted by atomic mass is 16.5. The van der Waals surface area contributed by atoms with E-state index in [1.807, 2.05) is 78.9 Å². The lowest BCUT2D eigenvalue weighted by Crippen LogP contribution is -2.32. The van der Waals surface area contributed by atoms with E-state index in [0.717, 1.165) is 22.0 Å². The lowest BCUT2D eigenvalue weighted by molar-refractivity contribution is -0.123. The Bertz CT molecular complexity index is 1110. The number of benzene rings is 3. The van der Waals surface area contributed by atoms with E-state index in [1.54, 1.807) is 6.07 Å². The molecule has 6 heteroatoms. The summed E-state index contributed by atoms with van der Waals surface area (Å²) >= 11 is 0. The van der Waals surface area contributed by atoms with Gasteiger partial charge in [-0.3, -0.25) is 4.79 Å². The molecule has 1 N–H and O–H groups in total. The molecule has 30 heavy (non-hydrogen) atoms. The summed E-state index contributed by atoms with van der Waals surface area (Å²) in [4.78, 5) is 12.0. The fraction of sp³-hybridized carbons (Fsp3) is 0.125. The average Bonchev–Trinajstić information content (AvgIpc) is 2.81. The number of hydrogen-bond acceptors (Lipinski definition) is 5. The zero-order valence-corrected chi connectivity index (χ0v) is 16.3. The minimum absolute atomic E-state index is 0.0560. The van der Waals surface area contributed by atoms with Crippen LogP contribution in [0.25, 0.3) is 22.0 Å². The standard InChI is InChI=1S/C24H21N3O3/c28-23(17-30-22-12-6-10-18-7-4-5-11-20(18)22)25-15-16-29-24-14-13-21(26-27-24)19-8-2-1-3-9-19/h1-14H,15-17H2,(H,25,28). The Morgan fingerprint density at radius 1 is 0.800 bits per heavy atom. The summed E-state index contributed by atoms with van der Waals surface area (Å²) < 4.78 is 11.2. The first-order valence-corrected chi connectivity index (χ1v) is 9.69. The van der Waals surface area contributed by atoms with E-state index in [0.29, 0.717) is 24.8 Å². The van der Waals surface area contributed by atoms with Gasteiger partial charge in [-0.2, -0.15) is 0 Å². The topological polar surface area (TPSA) is 73.3 Å². The fourth-order valence-corrected chi connectivity index (χ4v) is 3.02. The highest BCUT2D eigenvalue weighted by Gasteiger charge is 2.06. The van der Waals surface area contributed by atoms with Gasteiger partial charge in [0.25, 0.3) is 5.91 Å². The molecule has 1 heterocycles. The monoisotopic (exact) mass is 399 g/mol. The van der Waals surface area contributed by atoms with Gasteiger partial charge in [0.15, 0.2) is 6.61 Å². The Morgan fingerprint density at radius 3 is 2.43 bits per heavy atom. The summed E-state index contributed by atoms with van der Waals surface area (Å²) in [6.07, 6.45) is 0. The predicted molar refractivity (Wildman–Crippen MR) is 115 cm³/mol. The molecule has 0 fully saturated rings. The second-order valence-corrected chi connectivity index (χ2v) is 6.59.